The van der Waals surface area contributed by atoms with Crippen LogP contribution in [0.2, 0.25) is 0 Å². The van der Waals surface area contributed by atoms with Gasteiger partial charge in [-0.05, 0) is 81.6 Å². The topological polar surface area (TPSA) is 147 Å². The zero-order valence-corrected chi connectivity index (χ0v) is 32.5. The van der Waals surface area contributed by atoms with Crippen molar-refractivity contribution in [2.45, 2.75) is 109 Å². The Balaban J connectivity index is 1.50. The zero-order chi connectivity index (χ0) is 39.0. The number of esters is 2. The fourth-order valence-corrected chi connectivity index (χ4v) is 7.92. The summed E-state index contributed by atoms with van der Waals surface area (Å²) < 4.78 is 38.5. The fraction of sp³-hybridized carbons (Fsp3) is 0.632. The molecule has 6 atom stereocenters. The van der Waals surface area contributed by atoms with Crippen LogP contribution in [0.25, 0.3) is 0 Å². The quantitative estimate of drug-likeness (QED) is 0.217. The van der Waals surface area contributed by atoms with Crippen molar-refractivity contribution in [3.63, 3.8) is 0 Å². The zero-order valence-electron chi connectivity index (χ0n) is 31.7. The van der Waals surface area contributed by atoms with Crippen molar-refractivity contribution in [3.05, 3.63) is 51.5 Å². The summed E-state index contributed by atoms with van der Waals surface area (Å²) in [5.41, 5.74) is 0.319. The van der Waals surface area contributed by atoms with Crippen LogP contribution in [0.4, 0.5) is 8.78 Å². The standard InChI is InChI=1S/C38H53F2N5O7S/c1-21(2)31(45(6)37(49)33(25-11-12-25)43-35(48)30-10-8-9-13-44(30)5)19-32(52-23(4)46)36-42-29(20-53-36)34(47)41-28(14-22(3)38(50)51-7)17-24-15-26(39)18-27(40)16-24/h15-16,18,20-22,25,28,30-33H,8-14,17,19H2,1-7H3,(H,41,47)(H,43,48)/t22-,28+,30+,31+,32+,33-/m0/s1. The summed E-state index contributed by atoms with van der Waals surface area (Å²) in [6.07, 6.45) is 3.89. The molecule has 1 aromatic carbocycles. The summed E-state index contributed by atoms with van der Waals surface area (Å²) in [4.78, 5) is 73.7. The number of benzene rings is 1. The molecule has 1 saturated carbocycles. The molecular formula is C38H53F2N5O7S. The molecule has 1 saturated heterocycles. The highest BCUT2D eigenvalue weighted by atomic mass is 32.1. The predicted molar refractivity (Wildman–Crippen MR) is 195 cm³/mol. The summed E-state index contributed by atoms with van der Waals surface area (Å²) in [6, 6.07) is 1.02. The Kier molecular flexibility index (Phi) is 14.9. The Morgan fingerprint density at radius 3 is 2.28 bits per heavy atom. The highest BCUT2D eigenvalue weighted by Crippen LogP contribution is 2.36. The number of carbonyl (C=O) groups is 5. The molecule has 2 fully saturated rings. The van der Waals surface area contributed by atoms with Crippen molar-refractivity contribution in [2.75, 3.05) is 27.7 Å². The van der Waals surface area contributed by atoms with Gasteiger partial charge in [0, 0.05) is 43.9 Å². The summed E-state index contributed by atoms with van der Waals surface area (Å²) in [5.74, 6) is -4.17. The number of aromatic nitrogens is 1. The fourth-order valence-electron chi connectivity index (χ4n) is 7.08. The molecular weight excluding hydrogens is 709 g/mol. The lowest BCUT2D eigenvalue weighted by Crippen LogP contribution is -2.56. The van der Waals surface area contributed by atoms with Gasteiger partial charge in [0.05, 0.1) is 19.1 Å². The molecule has 0 bridgehead atoms. The Morgan fingerprint density at radius 1 is 1.02 bits per heavy atom. The first-order valence-electron chi connectivity index (χ1n) is 18.3. The molecule has 292 valence electrons. The Hall–Kier alpha value is -3.98. The van der Waals surface area contributed by atoms with Gasteiger partial charge in [0.25, 0.3) is 5.91 Å². The molecule has 2 N–H and O–H groups in total. The number of carbonyl (C=O) groups excluding carboxylic acids is 5. The van der Waals surface area contributed by atoms with Gasteiger partial charge < -0.3 is 25.0 Å². The average molecular weight is 762 g/mol. The van der Waals surface area contributed by atoms with Gasteiger partial charge in [0.15, 0.2) is 6.10 Å². The number of rotatable bonds is 17. The first-order chi connectivity index (χ1) is 25.1. The molecule has 53 heavy (non-hydrogen) atoms. The van der Waals surface area contributed by atoms with Crippen LogP contribution in [0.5, 0.6) is 0 Å². The van der Waals surface area contributed by atoms with E-state index in [2.05, 4.69) is 15.6 Å². The third kappa shape index (κ3) is 11.8. The molecule has 2 aromatic rings. The van der Waals surface area contributed by atoms with Gasteiger partial charge in [-0.3, -0.25) is 28.9 Å². The van der Waals surface area contributed by atoms with Gasteiger partial charge in [-0.15, -0.1) is 11.3 Å². The summed E-state index contributed by atoms with van der Waals surface area (Å²) >= 11 is 1.12. The lowest BCUT2D eigenvalue weighted by molar-refractivity contribution is -0.149. The van der Waals surface area contributed by atoms with Gasteiger partial charge in [-0.25, -0.2) is 13.8 Å². The van der Waals surface area contributed by atoms with E-state index in [0.717, 1.165) is 56.1 Å². The second-order valence-corrected chi connectivity index (χ2v) is 15.7. The minimum Gasteiger partial charge on any atom is -0.469 e. The van der Waals surface area contributed by atoms with E-state index < -0.39 is 59.6 Å². The lowest BCUT2D eigenvalue weighted by atomic mass is 9.95. The molecule has 0 radical (unpaired) electrons. The summed E-state index contributed by atoms with van der Waals surface area (Å²) in [6.45, 7) is 7.66. The second-order valence-electron chi connectivity index (χ2n) is 14.8. The molecule has 3 amide bonds. The number of methoxy groups -OCH3 is 1. The Bertz CT molecular complexity index is 1600. The van der Waals surface area contributed by atoms with Crippen LogP contribution < -0.4 is 10.6 Å². The van der Waals surface area contributed by atoms with E-state index in [-0.39, 0.29) is 54.6 Å². The highest BCUT2D eigenvalue weighted by Gasteiger charge is 2.42. The largest absolute Gasteiger partial charge is 0.469 e. The maximum absolute atomic E-state index is 14.1. The van der Waals surface area contributed by atoms with Crippen molar-refractivity contribution >= 4 is 41.0 Å². The lowest BCUT2D eigenvalue weighted by Gasteiger charge is -2.37. The third-order valence-corrected chi connectivity index (χ3v) is 11.1. The predicted octanol–water partition coefficient (Wildman–Crippen LogP) is 4.82. The smallest absolute Gasteiger partial charge is 0.308 e. The number of piperidine rings is 1. The van der Waals surface area contributed by atoms with Crippen molar-refractivity contribution in [3.8, 4) is 0 Å². The minimum absolute atomic E-state index is 0.0259. The number of hydrogen-bond donors (Lipinski definition) is 2. The van der Waals surface area contributed by atoms with E-state index in [1.807, 2.05) is 25.8 Å². The number of likely N-dealkylation sites (tertiary alicyclic amines) is 1. The normalized spacial score (nSPS) is 19.0. The van der Waals surface area contributed by atoms with E-state index in [1.165, 1.54) is 31.5 Å². The van der Waals surface area contributed by atoms with Crippen LogP contribution in [0.15, 0.2) is 23.6 Å². The van der Waals surface area contributed by atoms with Crippen molar-refractivity contribution in [1.29, 1.82) is 0 Å². The number of thiazole rings is 1. The van der Waals surface area contributed by atoms with E-state index in [0.29, 0.717) is 10.6 Å². The molecule has 2 aliphatic rings. The highest BCUT2D eigenvalue weighted by molar-refractivity contribution is 7.09. The van der Waals surface area contributed by atoms with E-state index >= 15 is 0 Å². The number of likely N-dealkylation sites (N-methyl/N-ethyl adjacent to an activating group) is 2. The van der Waals surface area contributed by atoms with Gasteiger partial charge in [-0.1, -0.05) is 27.2 Å². The van der Waals surface area contributed by atoms with Gasteiger partial charge in [0.2, 0.25) is 11.8 Å². The molecule has 0 spiro atoms. The first kappa shape index (κ1) is 41.8. The number of nitrogens with one attached hydrogen (secondary N) is 2. The molecule has 4 rings (SSSR count). The van der Waals surface area contributed by atoms with Crippen molar-refractivity contribution in [2.24, 2.45) is 17.8 Å². The van der Waals surface area contributed by atoms with E-state index in [4.69, 9.17) is 9.47 Å². The molecule has 0 unspecified atom stereocenters. The van der Waals surface area contributed by atoms with Gasteiger partial charge >= 0.3 is 11.9 Å². The molecule has 2 heterocycles. The number of halogens is 2. The van der Waals surface area contributed by atoms with Crippen molar-refractivity contribution in [1.82, 2.24) is 25.4 Å². The van der Waals surface area contributed by atoms with E-state index in [9.17, 15) is 32.8 Å². The number of nitrogens with zero attached hydrogens (tertiary/aromatic N) is 3. The van der Waals surface area contributed by atoms with Crippen LogP contribution in [0, 0.1) is 29.4 Å². The van der Waals surface area contributed by atoms with Crippen LogP contribution in [-0.4, -0.2) is 96.4 Å². The number of hydrogen-bond acceptors (Lipinski definition) is 10. The summed E-state index contributed by atoms with van der Waals surface area (Å²) in [5, 5.41) is 7.77. The maximum atomic E-state index is 14.1. The SMILES string of the molecule is COC(=O)[C@@H](C)C[C@H](Cc1cc(F)cc(F)c1)NC(=O)c1csc([C@@H](C[C@H](C(C)C)N(C)C(=O)[C@@H](NC(=O)[C@H]2CCCCN2C)C2CC2)OC(C)=O)n1. The Labute approximate surface area is 314 Å². The van der Waals surface area contributed by atoms with Gasteiger partial charge in [-0.2, -0.15) is 0 Å². The number of amides is 3. The van der Waals surface area contributed by atoms with Gasteiger partial charge in [0.1, 0.15) is 28.4 Å². The van der Waals surface area contributed by atoms with Crippen LogP contribution in [0.3, 0.4) is 0 Å². The monoisotopic (exact) mass is 761 g/mol. The molecule has 1 aliphatic heterocycles. The van der Waals surface area contributed by atoms with Crippen molar-refractivity contribution < 1.29 is 42.2 Å². The maximum Gasteiger partial charge on any atom is 0.308 e. The minimum atomic E-state index is -0.892. The molecule has 15 heteroatoms. The second kappa shape index (κ2) is 18.9. The van der Waals surface area contributed by atoms with Crippen LogP contribution in [0.1, 0.15) is 99.8 Å². The first-order valence-corrected chi connectivity index (χ1v) is 19.2. The van der Waals surface area contributed by atoms with E-state index in [1.54, 1.807) is 18.9 Å². The third-order valence-electron chi connectivity index (χ3n) is 10.1. The number of ether oxygens (including phenoxy) is 2. The van der Waals surface area contributed by atoms with Crippen LogP contribution >= 0.6 is 11.3 Å². The average Bonchev–Trinajstić information content (AvgIpc) is 3.81. The Morgan fingerprint density at radius 2 is 1.70 bits per heavy atom. The molecule has 1 aromatic heterocycles. The molecule has 12 nitrogen and oxygen atoms in total. The van der Waals surface area contributed by atoms with Crippen LogP contribution in [-0.2, 0) is 35.1 Å². The molecule has 1 aliphatic carbocycles. The summed E-state index contributed by atoms with van der Waals surface area (Å²) in [7, 11) is 4.88.